The van der Waals surface area contributed by atoms with Crippen LogP contribution in [0, 0.1) is 0 Å². The van der Waals surface area contributed by atoms with E-state index in [2.05, 4.69) is 26.3 Å². The van der Waals surface area contributed by atoms with E-state index < -0.39 is 6.10 Å². The molecule has 2 N–H and O–H groups in total. The third kappa shape index (κ3) is 5.32. The van der Waals surface area contributed by atoms with E-state index >= 15 is 0 Å². The summed E-state index contributed by atoms with van der Waals surface area (Å²) in [7, 11) is 0. The Labute approximate surface area is 126 Å². The second-order valence-electron chi connectivity index (χ2n) is 4.39. The molecule has 0 amide bonds. The van der Waals surface area contributed by atoms with Gasteiger partial charge in [-0.1, -0.05) is 15.9 Å². The first kappa shape index (κ1) is 15.0. The predicted molar refractivity (Wildman–Crippen MR) is 80.7 cm³/mol. The first-order valence-corrected chi connectivity index (χ1v) is 7.28. The summed E-state index contributed by atoms with van der Waals surface area (Å²) in [5.41, 5.74) is 0. The number of hydrogen-bond acceptors (Lipinski definition) is 4. The fraction of sp³-hybridized carbons (Fsp3) is 0.357. The fourth-order valence-electron chi connectivity index (χ4n) is 1.68. The van der Waals surface area contributed by atoms with Gasteiger partial charge in [0.05, 0.1) is 6.54 Å². The predicted octanol–water partition coefficient (Wildman–Crippen LogP) is 1.68. The summed E-state index contributed by atoms with van der Waals surface area (Å²) in [6.45, 7) is 2.32. The summed E-state index contributed by atoms with van der Waals surface area (Å²) in [6.07, 6.45) is 3.13. The smallest absolute Gasteiger partial charge is 0.119 e. The molecule has 0 bridgehead atoms. The maximum atomic E-state index is 9.80. The van der Waals surface area contributed by atoms with E-state index in [1.54, 1.807) is 6.20 Å². The van der Waals surface area contributed by atoms with Crippen molar-refractivity contribution in [2.24, 2.45) is 0 Å². The highest BCUT2D eigenvalue weighted by Gasteiger charge is 2.04. The lowest BCUT2D eigenvalue weighted by atomic mass is 10.3. The zero-order valence-corrected chi connectivity index (χ0v) is 12.7. The van der Waals surface area contributed by atoms with E-state index in [1.807, 2.05) is 41.2 Å². The lowest BCUT2D eigenvalue weighted by Crippen LogP contribution is -2.33. The number of nitrogens with zero attached hydrogens (tertiary/aromatic N) is 2. The van der Waals surface area contributed by atoms with Crippen LogP contribution in [-0.2, 0) is 6.54 Å². The Balaban J connectivity index is 1.58. The van der Waals surface area contributed by atoms with Gasteiger partial charge in [0.1, 0.15) is 18.5 Å². The number of nitrogens with one attached hydrogen (secondary N) is 1. The van der Waals surface area contributed by atoms with Gasteiger partial charge in [-0.25, -0.2) is 0 Å². The number of aromatic nitrogens is 2. The Morgan fingerprint density at radius 1 is 1.35 bits per heavy atom. The van der Waals surface area contributed by atoms with Gasteiger partial charge in [-0.05, 0) is 30.3 Å². The Hall–Kier alpha value is -1.37. The Morgan fingerprint density at radius 2 is 2.15 bits per heavy atom. The highest BCUT2D eigenvalue weighted by atomic mass is 79.9. The first-order chi connectivity index (χ1) is 9.74. The maximum Gasteiger partial charge on any atom is 0.119 e. The molecule has 1 aromatic carbocycles. The van der Waals surface area contributed by atoms with Gasteiger partial charge in [-0.2, -0.15) is 5.10 Å². The van der Waals surface area contributed by atoms with Crippen molar-refractivity contribution in [3.63, 3.8) is 0 Å². The summed E-state index contributed by atoms with van der Waals surface area (Å²) < 4.78 is 8.35. The molecular formula is C14H18BrN3O2. The highest BCUT2D eigenvalue weighted by Crippen LogP contribution is 2.16. The average molecular weight is 340 g/mol. The topological polar surface area (TPSA) is 59.3 Å². The minimum Gasteiger partial charge on any atom is -0.491 e. The molecule has 108 valence electrons. The highest BCUT2D eigenvalue weighted by molar-refractivity contribution is 9.10. The molecule has 2 aromatic rings. The molecule has 1 aromatic heterocycles. The van der Waals surface area contributed by atoms with Gasteiger partial charge >= 0.3 is 0 Å². The van der Waals surface area contributed by atoms with E-state index in [4.69, 9.17) is 4.74 Å². The minimum absolute atomic E-state index is 0.274. The summed E-state index contributed by atoms with van der Waals surface area (Å²) in [5.74, 6) is 0.754. The molecule has 0 fully saturated rings. The number of hydrogen-bond donors (Lipinski definition) is 2. The molecular weight excluding hydrogens is 322 g/mol. The molecule has 0 aliphatic carbocycles. The van der Waals surface area contributed by atoms with Crippen molar-refractivity contribution in [2.75, 3.05) is 19.7 Å². The van der Waals surface area contributed by atoms with Crippen LogP contribution in [0.5, 0.6) is 5.75 Å². The molecule has 0 saturated heterocycles. The molecule has 0 aliphatic rings. The van der Waals surface area contributed by atoms with Crippen molar-refractivity contribution >= 4 is 15.9 Å². The van der Waals surface area contributed by atoms with Crippen LogP contribution in [0.3, 0.4) is 0 Å². The molecule has 1 heterocycles. The van der Waals surface area contributed by atoms with E-state index in [1.165, 1.54) is 0 Å². The normalized spacial score (nSPS) is 12.3. The molecule has 0 saturated carbocycles. The second-order valence-corrected chi connectivity index (χ2v) is 5.31. The standard InChI is InChI=1S/C14H18BrN3O2/c15-12-2-4-14(5-3-12)20-11-13(19)10-16-7-9-18-8-1-6-17-18/h1-6,8,13,16,19H,7,9-11H2. The molecule has 1 unspecified atom stereocenters. The van der Waals surface area contributed by atoms with Gasteiger partial charge in [-0.15, -0.1) is 0 Å². The van der Waals surface area contributed by atoms with Gasteiger partial charge in [0, 0.05) is 30.0 Å². The van der Waals surface area contributed by atoms with Crippen LogP contribution in [-0.4, -0.2) is 40.7 Å². The summed E-state index contributed by atoms with van der Waals surface area (Å²) in [4.78, 5) is 0. The monoisotopic (exact) mass is 339 g/mol. The van der Waals surface area contributed by atoms with Gasteiger partial charge in [-0.3, -0.25) is 4.68 Å². The number of ether oxygens (including phenoxy) is 1. The Morgan fingerprint density at radius 3 is 2.85 bits per heavy atom. The van der Waals surface area contributed by atoms with Crippen LogP contribution < -0.4 is 10.1 Å². The lowest BCUT2D eigenvalue weighted by molar-refractivity contribution is 0.106. The fourth-order valence-corrected chi connectivity index (χ4v) is 1.94. The van der Waals surface area contributed by atoms with Crippen LogP contribution >= 0.6 is 15.9 Å². The summed E-state index contributed by atoms with van der Waals surface area (Å²) >= 11 is 3.36. The molecule has 1 atom stereocenters. The summed E-state index contributed by atoms with van der Waals surface area (Å²) in [6, 6.07) is 9.43. The van der Waals surface area contributed by atoms with Crippen molar-refractivity contribution in [2.45, 2.75) is 12.6 Å². The Kier molecular flexibility index (Phi) is 6.04. The zero-order chi connectivity index (χ0) is 14.2. The number of halogens is 1. The Bertz CT molecular complexity index is 488. The van der Waals surface area contributed by atoms with Crippen molar-refractivity contribution in [1.82, 2.24) is 15.1 Å². The number of aliphatic hydroxyl groups is 1. The van der Waals surface area contributed by atoms with Crippen LogP contribution in [0.25, 0.3) is 0 Å². The van der Waals surface area contributed by atoms with Crippen molar-refractivity contribution < 1.29 is 9.84 Å². The first-order valence-electron chi connectivity index (χ1n) is 6.48. The minimum atomic E-state index is -0.531. The molecule has 0 radical (unpaired) electrons. The van der Waals surface area contributed by atoms with Crippen LogP contribution in [0.2, 0.25) is 0 Å². The SMILES string of the molecule is OC(CNCCn1cccn1)COc1ccc(Br)cc1. The molecule has 0 aliphatic heterocycles. The molecule has 20 heavy (non-hydrogen) atoms. The number of rotatable bonds is 8. The van der Waals surface area contributed by atoms with Gasteiger partial charge in [0.2, 0.25) is 0 Å². The van der Waals surface area contributed by atoms with Crippen LogP contribution in [0.15, 0.2) is 47.2 Å². The van der Waals surface area contributed by atoms with Crippen molar-refractivity contribution in [3.8, 4) is 5.75 Å². The molecule has 5 nitrogen and oxygen atoms in total. The van der Waals surface area contributed by atoms with E-state index in [0.29, 0.717) is 6.54 Å². The van der Waals surface area contributed by atoms with Crippen LogP contribution in [0.1, 0.15) is 0 Å². The third-order valence-electron chi connectivity index (χ3n) is 2.71. The van der Waals surface area contributed by atoms with E-state index in [0.717, 1.165) is 23.3 Å². The average Bonchev–Trinajstić information content (AvgIpc) is 2.96. The quantitative estimate of drug-likeness (QED) is 0.718. The molecule has 2 rings (SSSR count). The summed E-state index contributed by atoms with van der Waals surface area (Å²) in [5, 5.41) is 17.1. The van der Waals surface area contributed by atoms with Crippen molar-refractivity contribution in [1.29, 1.82) is 0 Å². The second kappa shape index (κ2) is 8.04. The molecule has 6 heteroatoms. The van der Waals surface area contributed by atoms with E-state index in [-0.39, 0.29) is 6.61 Å². The largest absolute Gasteiger partial charge is 0.491 e. The van der Waals surface area contributed by atoms with Crippen LogP contribution in [0.4, 0.5) is 0 Å². The van der Waals surface area contributed by atoms with Gasteiger partial charge in [0.25, 0.3) is 0 Å². The van der Waals surface area contributed by atoms with E-state index in [9.17, 15) is 5.11 Å². The zero-order valence-electron chi connectivity index (χ0n) is 11.1. The van der Waals surface area contributed by atoms with Gasteiger partial charge in [0.15, 0.2) is 0 Å². The lowest BCUT2D eigenvalue weighted by Gasteiger charge is -2.13. The third-order valence-corrected chi connectivity index (χ3v) is 3.24. The number of benzene rings is 1. The number of aliphatic hydroxyl groups excluding tert-OH is 1. The molecule has 0 spiro atoms. The maximum absolute atomic E-state index is 9.80. The van der Waals surface area contributed by atoms with Crippen molar-refractivity contribution in [3.05, 3.63) is 47.2 Å². The van der Waals surface area contributed by atoms with Gasteiger partial charge < -0.3 is 15.2 Å².